The maximum atomic E-state index is 12.8. The maximum Gasteiger partial charge on any atom is 0.387 e. The van der Waals surface area contributed by atoms with Crippen LogP contribution in [-0.4, -0.2) is 12.5 Å². The third-order valence-corrected chi connectivity index (χ3v) is 5.21. The molecule has 0 fully saturated rings. The predicted octanol–water partition coefficient (Wildman–Crippen LogP) is 6.22. The molecule has 3 aromatic rings. The van der Waals surface area contributed by atoms with Gasteiger partial charge in [0.2, 0.25) is 0 Å². The fraction of sp³-hybridized carbons (Fsp3) is 0.0476. The highest BCUT2D eigenvalue weighted by molar-refractivity contribution is 7.99. The molecule has 0 unspecified atom stereocenters. The van der Waals surface area contributed by atoms with Gasteiger partial charge in [0.25, 0.3) is 5.91 Å². The van der Waals surface area contributed by atoms with Crippen LogP contribution in [0.5, 0.6) is 5.75 Å². The van der Waals surface area contributed by atoms with Crippen molar-refractivity contribution in [1.82, 2.24) is 0 Å². The maximum absolute atomic E-state index is 12.8. The molecule has 0 bridgehead atoms. The van der Waals surface area contributed by atoms with Crippen molar-refractivity contribution in [3.05, 3.63) is 82.9 Å². The molecule has 3 rings (SSSR count). The second-order valence-corrected chi connectivity index (χ2v) is 7.17. The monoisotopic (exact) mass is 430 g/mol. The molecule has 4 nitrogen and oxygen atoms in total. The number of amides is 1. The van der Waals surface area contributed by atoms with Crippen LogP contribution in [-0.2, 0) is 0 Å². The van der Waals surface area contributed by atoms with E-state index in [9.17, 15) is 18.8 Å². The van der Waals surface area contributed by atoms with Crippen LogP contribution < -0.4 is 10.1 Å². The Bertz CT molecular complexity index is 1090. The first kappa shape index (κ1) is 20.6. The summed E-state index contributed by atoms with van der Waals surface area (Å²) in [6, 6.07) is 20.2. The molecular weight excluding hydrogens is 418 g/mol. The molecule has 0 aliphatic carbocycles. The van der Waals surface area contributed by atoms with Crippen molar-refractivity contribution in [2.75, 3.05) is 5.32 Å². The number of carbonyl (C=O) groups excluding carboxylic acids is 1. The van der Waals surface area contributed by atoms with Gasteiger partial charge in [-0.3, -0.25) is 4.79 Å². The van der Waals surface area contributed by atoms with E-state index in [0.717, 1.165) is 4.90 Å². The van der Waals surface area contributed by atoms with E-state index >= 15 is 0 Å². The van der Waals surface area contributed by atoms with Crippen LogP contribution in [0.2, 0.25) is 5.02 Å². The highest BCUT2D eigenvalue weighted by Crippen LogP contribution is 2.33. The molecule has 0 saturated heterocycles. The number of halogens is 3. The van der Waals surface area contributed by atoms with Crippen LogP contribution in [0.4, 0.5) is 14.5 Å². The van der Waals surface area contributed by atoms with Crippen LogP contribution in [0.25, 0.3) is 0 Å². The zero-order valence-electron chi connectivity index (χ0n) is 14.7. The average Bonchev–Trinajstić information content (AvgIpc) is 2.70. The summed E-state index contributed by atoms with van der Waals surface area (Å²) < 4.78 is 29.0. The van der Waals surface area contributed by atoms with Gasteiger partial charge < -0.3 is 10.1 Å². The summed E-state index contributed by atoms with van der Waals surface area (Å²) in [6.45, 7) is -2.99. The number of nitrogens with zero attached hydrogens (tertiary/aromatic N) is 1. The van der Waals surface area contributed by atoms with E-state index in [0.29, 0.717) is 21.7 Å². The van der Waals surface area contributed by atoms with Gasteiger partial charge in [0.1, 0.15) is 11.8 Å². The van der Waals surface area contributed by atoms with Crippen LogP contribution in [0.15, 0.2) is 76.5 Å². The van der Waals surface area contributed by atoms with Crippen LogP contribution in [0.1, 0.15) is 15.9 Å². The van der Waals surface area contributed by atoms with Crippen molar-refractivity contribution < 1.29 is 18.3 Å². The van der Waals surface area contributed by atoms with Gasteiger partial charge in [0.15, 0.2) is 0 Å². The number of nitriles is 1. The summed E-state index contributed by atoms with van der Waals surface area (Å²) in [6.07, 6.45) is 0. The smallest absolute Gasteiger partial charge is 0.387 e. The fourth-order valence-corrected chi connectivity index (χ4v) is 3.73. The second-order valence-electron chi connectivity index (χ2n) is 5.68. The molecule has 0 aromatic heterocycles. The van der Waals surface area contributed by atoms with E-state index < -0.39 is 12.5 Å². The topological polar surface area (TPSA) is 62.1 Å². The first-order chi connectivity index (χ1) is 14.0. The molecule has 1 amide bonds. The second kappa shape index (κ2) is 9.41. The quantitative estimate of drug-likeness (QED) is 0.504. The van der Waals surface area contributed by atoms with E-state index in [1.165, 1.54) is 30.0 Å². The SMILES string of the molecule is N#Cc1ccccc1Sc1ccccc1C(=O)Nc1ccc(OC(F)F)c(Cl)c1. The summed E-state index contributed by atoms with van der Waals surface area (Å²) in [5, 5.41) is 11.9. The lowest BCUT2D eigenvalue weighted by atomic mass is 10.2. The third-order valence-electron chi connectivity index (χ3n) is 3.76. The number of nitrogens with one attached hydrogen (secondary N) is 1. The Hall–Kier alpha value is -3.08. The molecule has 1 N–H and O–H groups in total. The minimum atomic E-state index is -2.99. The lowest BCUT2D eigenvalue weighted by Gasteiger charge is -2.12. The standard InChI is InChI=1S/C21H13ClF2N2O2S/c22-16-11-14(9-10-17(16)28-21(23)24)26-20(27)15-6-2-4-8-19(15)29-18-7-3-1-5-13(18)12-25/h1-11,21H,(H,26,27). The first-order valence-electron chi connectivity index (χ1n) is 8.29. The van der Waals surface area contributed by atoms with Gasteiger partial charge in [0, 0.05) is 15.5 Å². The molecule has 0 heterocycles. The Labute approximate surface area is 175 Å². The summed E-state index contributed by atoms with van der Waals surface area (Å²) in [4.78, 5) is 14.2. The van der Waals surface area contributed by atoms with E-state index in [4.69, 9.17) is 11.6 Å². The summed E-state index contributed by atoms with van der Waals surface area (Å²) >= 11 is 7.23. The molecular formula is C21H13ClF2N2O2S. The lowest BCUT2D eigenvalue weighted by Crippen LogP contribution is -2.13. The Balaban J connectivity index is 1.82. The summed E-state index contributed by atoms with van der Waals surface area (Å²) in [5.74, 6) is -0.579. The zero-order valence-corrected chi connectivity index (χ0v) is 16.3. The number of carbonyl (C=O) groups is 1. The van der Waals surface area contributed by atoms with Crippen LogP contribution in [0, 0.1) is 11.3 Å². The Morgan fingerprint density at radius 2 is 1.76 bits per heavy atom. The van der Waals surface area contributed by atoms with Gasteiger partial charge in [-0.05, 0) is 42.5 Å². The highest BCUT2D eigenvalue weighted by atomic mass is 35.5. The fourth-order valence-electron chi connectivity index (χ4n) is 2.48. The minimum absolute atomic E-state index is 0.0475. The number of rotatable bonds is 6. The van der Waals surface area contributed by atoms with E-state index in [1.54, 1.807) is 42.5 Å². The Morgan fingerprint density at radius 3 is 2.45 bits per heavy atom. The number of alkyl halides is 2. The molecule has 8 heteroatoms. The van der Waals surface area contributed by atoms with Crippen molar-refractivity contribution in [2.45, 2.75) is 16.4 Å². The molecule has 146 valence electrons. The van der Waals surface area contributed by atoms with Crippen molar-refractivity contribution in [3.63, 3.8) is 0 Å². The van der Waals surface area contributed by atoms with E-state index in [-0.39, 0.29) is 10.8 Å². The third kappa shape index (κ3) is 5.25. The molecule has 0 aliphatic heterocycles. The van der Waals surface area contributed by atoms with Crippen LogP contribution >= 0.6 is 23.4 Å². The Morgan fingerprint density at radius 1 is 1.07 bits per heavy atom. The van der Waals surface area contributed by atoms with Gasteiger partial charge >= 0.3 is 6.61 Å². The minimum Gasteiger partial charge on any atom is -0.433 e. The molecule has 29 heavy (non-hydrogen) atoms. The predicted molar refractivity (Wildman–Crippen MR) is 108 cm³/mol. The summed E-state index contributed by atoms with van der Waals surface area (Å²) in [5.41, 5.74) is 1.24. The number of anilines is 1. The molecule has 0 saturated carbocycles. The largest absolute Gasteiger partial charge is 0.433 e. The number of ether oxygens (including phenoxy) is 1. The molecule has 0 aliphatic rings. The summed E-state index contributed by atoms with van der Waals surface area (Å²) in [7, 11) is 0. The van der Waals surface area contributed by atoms with Gasteiger partial charge in [-0.25, -0.2) is 0 Å². The molecule has 3 aromatic carbocycles. The molecule has 0 atom stereocenters. The zero-order chi connectivity index (χ0) is 20.8. The lowest BCUT2D eigenvalue weighted by molar-refractivity contribution is -0.0497. The van der Waals surface area contributed by atoms with E-state index in [1.807, 2.05) is 6.07 Å². The van der Waals surface area contributed by atoms with Gasteiger partial charge in [0.05, 0.1) is 16.1 Å². The average molecular weight is 431 g/mol. The normalized spacial score (nSPS) is 10.4. The van der Waals surface area contributed by atoms with Crippen molar-refractivity contribution in [3.8, 4) is 11.8 Å². The van der Waals surface area contributed by atoms with Crippen molar-refractivity contribution in [1.29, 1.82) is 5.26 Å². The highest BCUT2D eigenvalue weighted by Gasteiger charge is 2.15. The van der Waals surface area contributed by atoms with Crippen LogP contribution in [0.3, 0.4) is 0 Å². The van der Waals surface area contributed by atoms with Crippen molar-refractivity contribution >= 4 is 35.0 Å². The number of hydrogen-bond acceptors (Lipinski definition) is 4. The van der Waals surface area contributed by atoms with Gasteiger partial charge in [-0.15, -0.1) is 0 Å². The first-order valence-corrected chi connectivity index (χ1v) is 9.49. The molecule has 0 spiro atoms. The number of benzene rings is 3. The molecule has 0 radical (unpaired) electrons. The van der Waals surface area contributed by atoms with Gasteiger partial charge in [-0.1, -0.05) is 47.6 Å². The van der Waals surface area contributed by atoms with Gasteiger partial charge in [-0.2, -0.15) is 14.0 Å². The van der Waals surface area contributed by atoms with E-state index in [2.05, 4.69) is 16.1 Å². The number of hydrogen-bond donors (Lipinski definition) is 1. The Kier molecular flexibility index (Phi) is 6.70. The van der Waals surface area contributed by atoms with Crippen molar-refractivity contribution in [2.24, 2.45) is 0 Å².